The first-order valence-electron chi connectivity index (χ1n) is 27.8. The number of hydrogen-bond donors (Lipinski definition) is 0. The monoisotopic (exact) mass is 1140 g/mol. The average Bonchev–Trinajstić information content (AvgIpc) is 1.50. The summed E-state index contributed by atoms with van der Waals surface area (Å²) in [6.45, 7) is 0. The molecule has 8 heterocycles. The van der Waals surface area contributed by atoms with E-state index in [-0.39, 0.29) is 0 Å². The standard InChI is InChI=1S/C37H22F6N4.C35H24N4/c38-36(39,40)35(37(41,42)43,23-9-13-25(14-10-23)46-31-7-3-1-5-27(31)29-21-44-19-17-33(29)46)24-11-15-26(16-12-24)47-32-8-4-2-6-28(32)30-22-45-20-18-34(30)47;1-3-7-32-28(5-1)30-17-19-36-22-34(30)38(32)26-13-9-24(10-14-26)21-25-11-15-27(16-12-25)39-33-8-4-2-6-29(33)31-18-20-37-23-35(31)39/h1-22H;1-20,22-23H,21H2. The van der Waals surface area contributed by atoms with Crippen LogP contribution < -0.4 is 0 Å². The molecule has 0 saturated carbocycles. The predicted octanol–water partition coefficient (Wildman–Crippen LogP) is 18.3. The zero-order valence-corrected chi connectivity index (χ0v) is 45.5. The average molecular weight is 1140 g/mol. The van der Waals surface area contributed by atoms with E-state index in [1.54, 1.807) is 46.1 Å². The summed E-state index contributed by atoms with van der Waals surface area (Å²) in [5, 5.41) is 8.29. The third-order valence-electron chi connectivity index (χ3n) is 16.7. The minimum Gasteiger partial charge on any atom is -0.309 e. The summed E-state index contributed by atoms with van der Waals surface area (Å²) in [6.07, 6.45) is 3.63. The second-order valence-corrected chi connectivity index (χ2v) is 21.3. The lowest BCUT2D eigenvalue weighted by atomic mass is 9.73. The van der Waals surface area contributed by atoms with Crippen molar-refractivity contribution in [3.05, 3.63) is 290 Å². The number of nitrogens with zero attached hydrogens (tertiary/aromatic N) is 8. The summed E-state index contributed by atoms with van der Waals surface area (Å²) in [5.41, 5.74) is 7.14. The Morgan fingerprint density at radius 2 is 0.523 bits per heavy atom. The fraction of sp³-hybridized carbons (Fsp3) is 0.0556. The number of benzene rings is 8. The Morgan fingerprint density at radius 1 is 0.256 bits per heavy atom. The van der Waals surface area contributed by atoms with Crippen molar-refractivity contribution in [3.8, 4) is 22.7 Å². The third-order valence-corrected chi connectivity index (χ3v) is 16.7. The summed E-state index contributed by atoms with van der Waals surface area (Å²) in [5.74, 6) is 0. The Hall–Kier alpha value is -10.9. The predicted molar refractivity (Wildman–Crippen MR) is 330 cm³/mol. The van der Waals surface area contributed by atoms with Crippen LogP contribution in [0, 0.1) is 0 Å². The molecule has 16 aromatic rings. The van der Waals surface area contributed by atoms with Crippen LogP contribution in [0.1, 0.15) is 22.3 Å². The molecular weight excluding hydrogens is 1090 g/mol. The molecule has 0 aliphatic rings. The van der Waals surface area contributed by atoms with Gasteiger partial charge in [-0.3, -0.25) is 19.9 Å². The number of halogens is 6. The van der Waals surface area contributed by atoms with Gasteiger partial charge in [0.05, 0.1) is 56.5 Å². The van der Waals surface area contributed by atoms with Gasteiger partial charge in [-0.25, -0.2) is 0 Å². The van der Waals surface area contributed by atoms with Gasteiger partial charge in [-0.15, -0.1) is 0 Å². The van der Waals surface area contributed by atoms with Crippen LogP contribution in [0.25, 0.3) is 110 Å². The first kappa shape index (κ1) is 52.0. The Bertz CT molecular complexity index is 4690. The molecule has 86 heavy (non-hydrogen) atoms. The number of para-hydroxylation sites is 4. The molecule has 0 spiro atoms. The summed E-state index contributed by atoms with van der Waals surface area (Å²) < 4.78 is 98.7. The van der Waals surface area contributed by atoms with Crippen LogP contribution in [0.3, 0.4) is 0 Å². The van der Waals surface area contributed by atoms with Gasteiger partial charge in [-0.05, 0) is 126 Å². The number of pyridine rings is 4. The topological polar surface area (TPSA) is 71.3 Å². The summed E-state index contributed by atoms with van der Waals surface area (Å²) >= 11 is 0. The molecule has 0 amide bonds. The highest BCUT2D eigenvalue weighted by Crippen LogP contribution is 2.56. The molecule has 0 unspecified atom stereocenters. The van der Waals surface area contributed by atoms with Gasteiger partial charge < -0.3 is 18.3 Å². The van der Waals surface area contributed by atoms with Gasteiger partial charge in [0.15, 0.2) is 0 Å². The second-order valence-electron chi connectivity index (χ2n) is 21.3. The van der Waals surface area contributed by atoms with Crippen molar-refractivity contribution in [1.29, 1.82) is 0 Å². The summed E-state index contributed by atoms with van der Waals surface area (Å²) in [7, 11) is 0. The van der Waals surface area contributed by atoms with Crippen LogP contribution >= 0.6 is 0 Å². The Kier molecular flexibility index (Phi) is 12.2. The number of aromatic nitrogens is 8. The fourth-order valence-electron chi connectivity index (χ4n) is 12.8. The Morgan fingerprint density at radius 3 is 0.872 bits per heavy atom. The number of alkyl halides is 6. The minimum absolute atomic E-state index is 0.417. The molecule has 0 bridgehead atoms. The zero-order valence-electron chi connectivity index (χ0n) is 45.5. The van der Waals surface area contributed by atoms with Gasteiger partial charge in [0.2, 0.25) is 5.41 Å². The molecule has 0 saturated heterocycles. The molecule has 0 radical (unpaired) electrons. The van der Waals surface area contributed by atoms with E-state index in [0.29, 0.717) is 11.4 Å². The third kappa shape index (κ3) is 8.22. The first-order valence-corrected chi connectivity index (χ1v) is 27.8. The van der Waals surface area contributed by atoms with E-state index in [2.05, 4.69) is 138 Å². The lowest BCUT2D eigenvalue weighted by Crippen LogP contribution is -2.54. The van der Waals surface area contributed by atoms with Crippen molar-refractivity contribution >= 4 is 87.2 Å². The van der Waals surface area contributed by atoms with E-state index in [1.165, 1.54) is 68.0 Å². The van der Waals surface area contributed by atoms with Crippen molar-refractivity contribution in [1.82, 2.24) is 38.2 Å². The summed E-state index contributed by atoms with van der Waals surface area (Å²) in [6, 6.07) is 66.3. The smallest absolute Gasteiger partial charge is 0.309 e. The molecule has 14 heteroatoms. The Balaban J connectivity index is 0.000000148. The van der Waals surface area contributed by atoms with Crippen molar-refractivity contribution < 1.29 is 26.3 Å². The lowest BCUT2D eigenvalue weighted by Gasteiger charge is -2.38. The molecule has 0 N–H and O–H groups in total. The minimum atomic E-state index is -5.72. The molecule has 0 atom stereocenters. The van der Waals surface area contributed by atoms with Crippen molar-refractivity contribution in [2.45, 2.75) is 24.2 Å². The van der Waals surface area contributed by atoms with Gasteiger partial charge in [0.1, 0.15) is 0 Å². The second kappa shape index (κ2) is 20.2. The van der Waals surface area contributed by atoms with Gasteiger partial charge in [-0.1, -0.05) is 121 Å². The quantitative estimate of drug-likeness (QED) is 0.142. The maximum absolute atomic E-state index is 15.1. The molecule has 8 aromatic heterocycles. The van der Waals surface area contributed by atoms with Crippen molar-refractivity contribution in [3.63, 3.8) is 0 Å². The molecule has 0 fully saturated rings. The van der Waals surface area contributed by atoms with E-state index in [4.69, 9.17) is 0 Å². The van der Waals surface area contributed by atoms with E-state index in [0.717, 1.165) is 96.7 Å². The molecule has 8 aromatic carbocycles. The molecule has 0 aliphatic heterocycles. The maximum Gasteiger partial charge on any atom is 0.411 e. The van der Waals surface area contributed by atoms with Crippen LogP contribution in [0.4, 0.5) is 26.3 Å². The molecule has 0 aliphatic carbocycles. The highest BCUT2D eigenvalue weighted by molar-refractivity contribution is 6.11. The van der Waals surface area contributed by atoms with Gasteiger partial charge >= 0.3 is 12.4 Å². The van der Waals surface area contributed by atoms with E-state index < -0.39 is 28.9 Å². The largest absolute Gasteiger partial charge is 0.411 e. The Labute approximate surface area is 486 Å². The highest BCUT2D eigenvalue weighted by atomic mass is 19.4. The maximum atomic E-state index is 15.1. The number of rotatable bonds is 8. The van der Waals surface area contributed by atoms with Gasteiger partial charge in [0.25, 0.3) is 0 Å². The SMILES string of the molecule is FC(F)(F)C(c1ccc(-n2c3ccccc3c3cnccc32)cc1)(c1ccc(-n2c3ccccc3c3cnccc32)cc1)C(F)(F)F.c1ccc2c(c1)c1ccncc1n2-c1ccc(Cc2ccc(-n3c4ccccc4c4ccncc43)cc2)cc1. The normalized spacial score (nSPS) is 12.3. The van der Waals surface area contributed by atoms with E-state index >= 15 is 26.3 Å². The van der Waals surface area contributed by atoms with Crippen molar-refractivity contribution in [2.75, 3.05) is 0 Å². The van der Waals surface area contributed by atoms with Gasteiger partial charge in [0, 0.05) is 103 Å². The van der Waals surface area contributed by atoms with Crippen LogP contribution in [-0.2, 0) is 11.8 Å². The van der Waals surface area contributed by atoms with Crippen LogP contribution in [0.15, 0.2) is 268 Å². The number of hydrogen-bond acceptors (Lipinski definition) is 4. The molecular formula is C72H46F6N8. The zero-order chi connectivity index (χ0) is 58.3. The molecule has 16 rings (SSSR count). The van der Waals surface area contributed by atoms with Crippen LogP contribution in [0.5, 0.6) is 0 Å². The fourth-order valence-corrected chi connectivity index (χ4v) is 12.8. The molecule has 8 nitrogen and oxygen atoms in total. The van der Waals surface area contributed by atoms with Gasteiger partial charge in [-0.2, -0.15) is 26.3 Å². The van der Waals surface area contributed by atoms with Crippen LogP contribution in [-0.4, -0.2) is 50.6 Å². The number of fused-ring (bicyclic) bond motifs is 12. The van der Waals surface area contributed by atoms with E-state index in [1.807, 2.05) is 73.3 Å². The molecule has 416 valence electrons. The first-order chi connectivity index (χ1) is 42.0. The highest BCUT2D eigenvalue weighted by Gasteiger charge is 2.72. The van der Waals surface area contributed by atoms with Crippen LogP contribution in [0.2, 0.25) is 0 Å². The van der Waals surface area contributed by atoms with Crippen molar-refractivity contribution in [2.24, 2.45) is 0 Å². The summed E-state index contributed by atoms with van der Waals surface area (Å²) in [4.78, 5) is 17.2. The van der Waals surface area contributed by atoms with E-state index in [9.17, 15) is 0 Å². The lowest BCUT2D eigenvalue weighted by molar-refractivity contribution is -0.288.